The number of ether oxygens (including phenoxy) is 1. The normalized spacial score (nSPS) is 11.9. The van der Waals surface area contributed by atoms with Gasteiger partial charge in [-0.2, -0.15) is 0 Å². The predicted octanol–water partition coefficient (Wildman–Crippen LogP) is 3.12. The molecule has 1 amide bonds. The van der Waals surface area contributed by atoms with Gasteiger partial charge in [-0.15, -0.1) is 0 Å². The van der Waals surface area contributed by atoms with Crippen LogP contribution in [-0.2, 0) is 11.2 Å². The van der Waals surface area contributed by atoms with Crippen molar-refractivity contribution in [1.82, 2.24) is 19.9 Å². The number of nitrogens with one attached hydrogen (secondary N) is 2. The Kier molecular flexibility index (Phi) is 5.84. The molecule has 4 aromatic rings. The third-order valence-electron chi connectivity index (χ3n) is 5.22. The number of amides is 1. The second-order valence-corrected chi connectivity index (χ2v) is 7.39. The van der Waals surface area contributed by atoms with E-state index >= 15 is 0 Å². The molecular formula is C24H24N4O3. The molecule has 7 nitrogen and oxygen atoms in total. The number of nitrogens with zero attached hydrogens (tertiary/aromatic N) is 2. The Hall–Kier alpha value is -3.87. The van der Waals surface area contributed by atoms with Gasteiger partial charge in [0.1, 0.15) is 11.9 Å². The van der Waals surface area contributed by atoms with E-state index in [1.54, 1.807) is 4.52 Å². The molecule has 0 aliphatic rings. The SMILES string of the molecule is Cc1nc2cc(=O)[nH]n2c(C)c1CC(=O)NCC(Oc1ccccc1)c1ccccc1. The summed E-state index contributed by atoms with van der Waals surface area (Å²) in [6, 6.07) is 20.8. The van der Waals surface area contributed by atoms with E-state index in [1.807, 2.05) is 74.5 Å². The minimum absolute atomic E-state index is 0.139. The van der Waals surface area contributed by atoms with Crippen molar-refractivity contribution in [2.75, 3.05) is 6.54 Å². The van der Waals surface area contributed by atoms with E-state index in [-0.39, 0.29) is 24.0 Å². The van der Waals surface area contributed by atoms with Crippen molar-refractivity contribution in [3.8, 4) is 5.75 Å². The van der Waals surface area contributed by atoms with Crippen LogP contribution in [0.4, 0.5) is 0 Å². The zero-order valence-corrected chi connectivity index (χ0v) is 17.5. The minimum atomic E-state index is -0.323. The highest BCUT2D eigenvalue weighted by atomic mass is 16.5. The number of aryl methyl sites for hydroxylation is 2. The Bertz CT molecular complexity index is 1250. The first-order valence-electron chi connectivity index (χ1n) is 10.1. The summed E-state index contributed by atoms with van der Waals surface area (Å²) in [5.74, 6) is 0.600. The van der Waals surface area contributed by atoms with E-state index in [1.165, 1.54) is 6.07 Å². The number of hydrogen-bond donors (Lipinski definition) is 2. The largest absolute Gasteiger partial charge is 0.484 e. The number of carbonyl (C=O) groups excluding carboxylic acids is 1. The fraction of sp³-hybridized carbons (Fsp3) is 0.208. The van der Waals surface area contributed by atoms with Crippen LogP contribution in [0.15, 0.2) is 71.5 Å². The van der Waals surface area contributed by atoms with E-state index in [9.17, 15) is 9.59 Å². The molecule has 4 rings (SSSR count). The predicted molar refractivity (Wildman–Crippen MR) is 118 cm³/mol. The summed E-state index contributed by atoms with van der Waals surface area (Å²) in [5.41, 5.74) is 3.61. The maximum absolute atomic E-state index is 12.8. The molecule has 0 fully saturated rings. The number of fused-ring (bicyclic) bond motifs is 1. The molecule has 2 aromatic heterocycles. The van der Waals surface area contributed by atoms with Crippen molar-refractivity contribution in [3.05, 3.63) is 99.6 Å². The summed E-state index contributed by atoms with van der Waals surface area (Å²) in [6.07, 6.45) is -0.163. The van der Waals surface area contributed by atoms with Crippen LogP contribution in [0.25, 0.3) is 5.65 Å². The van der Waals surface area contributed by atoms with Gasteiger partial charge in [-0.05, 0) is 31.5 Å². The zero-order valence-electron chi connectivity index (χ0n) is 17.5. The molecule has 2 heterocycles. The quantitative estimate of drug-likeness (QED) is 0.485. The lowest BCUT2D eigenvalue weighted by atomic mass is 10.1. The molecule has 0 aliphatic heterocycles. The Labute approximate surface area is 179 Å². The van der Waals surface area contributed by atoms with E-state index in [0.717, 1.165) is 28.3 Å². The number of aromatic nitrogens is 3. The highest BCUT2D eigenvalue weighted by Crippen LogP contribution is 2.21. The number of aromatic amines is 1. The fourth-order valence-corrected chi connectivity index (χ4v) is 3.60. The molecule has 0 spiro atoms. The number of rotatable bonds is 7. The lowest BCUT2D eigenvalue weighted by molar-refractivity contribution is -0.120. The Morgan fingerprint density at radius 2 is 1.77 bits per heavy atom. The summed E-state index contributed by atoms with van der Waals surface area (Å²) in [6.45, 7) is 4.04. The summed E-state index contributed by atoms with van der Waals surface area (Å²) < 4.78 is 7.75. The molecular weight excluding hydrogens is 392 g/mol. The Balaban J connectivity index is 1.49. The van der Waals surface area contributed by atoms with Gasteiger partial charge < -0.3 is 10.1 Å². The van der Waals surface area contributed by atoms with Gasteiger partial charge in [0.25, 0.3) is 5.56 Å². The zero-order chi connectivity index (χ0) is 21.8. The molecule has 0 saturated heterocycles. The molecule has 0 aliphatic carbocycles. The smallest absolute Gasteiger partial charge is 0.266 e. The third kappa shape index (κ3) is 4.66. The van der Waals surface area contributed by atoms with Gasteiger partial charge in [0.05, 0.1) is 13.0 Å². The van der Waals surface area contributed by atoms with Crippen LogP contribution in [0.5, 0.6) is 5.75 Å². The molecule has 0 radical (unpaired) electrons. The van der Waals surface area contributed by atoms with Crippen LogP contribution in [0, 0.1) is 13.8 Å². The summed E-state index contributed by atoms with van der Waals surface area (Å²) in [4.78, 5) is 28.8. The number of carbonyl (C=O) groups is 1. The Morgan fingerprint density at radius 3 is 2.48 bits per heavy atom. The number of benzene rings is 2. The van der Waals surface area contributed by atoms with E-state index < -0.39 is 0 Å². The monoisotopic (exact) mass is 416 g/mol. The Morgan fingerprint density at radius 1 is 1.10 bits per heavy atom. The second-order valence-electron chi connectivity index (χ2n) is 7.39. The average molecular weight is 416 g/mol. The molecule has 158 valence electrons. The van der Waals surface area contributed by atoms with Crippen molar-refractivity contribution in [3.63, 3.8) is 0 Å². The summed E-state index contributed by atoms with van der Waals surface area (Å²) >= 11 is 0. The number of H-pyrrole nitrogens is 1. The van der Waals surface area contributed by atoms with Crippen molar-refractivity contribution in [2.45, 2.75) is 26.4 Å². The summed E-state index contributed by atoms with van der Waals surface area (Å²) in [7, 11) is 0. The van der Waals surface area contributed by atoms with Gasteiger partial charge in [-0.25, -0.2) is 9.50 Å². The molecule has 0 bridgehead atoms. The van der Waals surface area contributed by atoms with Gasteiger partial charge in [0.15, 0.2) is 5.65 Å². The van der Waals surface area contributed by atoms with Gasteiger partial charge in [0.2, 0.25) is 5.91 Å². The van der Waals surface area contributed by atoms with Gasteiger partial charge >= 0.3 is 0 Å². The van der Waals surface area contributed by atoms with Crippen molar-refractivity contribution >= 4 is 11.6 Å². The van der Waals surface area contributed by atoms with Crippen LogP contribution < -0.4 is 15.6 Å². The van der Waals surface area contributed by atoms with Crippen molar-refractivity contribution in [1.29, 1.82) is 0 Å². The average Bonchev–Trinajstić information content (AvgIpc) is 3.15. The molecule has 0 saturated carbocycles. The molecule has 31 heavy (non-hydrogen) atoms. The standard InChI is InChI=1S/C24H24N4O3/c1-16-20(17(2)28-22(26-16)14-24(30)27-28)13-23(29)25-15-21(18-9-5-3-6-10-18)31-19-11-7-4-8-12-19/h3-12,14,21H,13,15H2,1-2H3,(H,25,29)(H,27,30). The first-order valence-corrected chi connectivity index (χ1v) is 10.1. The fourth-order valence-electron chi connectivity index (χ4n) is 3.60. The van der Waals surface area contributed by atoms with Crippen LogP contribution >= 0.6 is 0 Å². The first-order chi connectivity index (χ1) is 15.0. The van der Waals surface area contributed by atoms with E-state index in [0.29, 0.717) is 12.2 Å². The van der Waals surface area contributed by atoms with E-state index in [4.69, 9.17) is 4.74 Å². The first kappa shape index (κ1) is 20.4. The molecule has 1 atom stereocenters. The molecule has 1 unspecified atom stereocenters. The molecule has 7 heteroatoms. The number of hydrogen-bond acceptors (Lipinski definition) is 4. The maximum Gasteiger partial charge on any atom is 0.266 e. The maximum atomic E-state index is 12.8. The van der Waals surface area contributed by atoms with Crippen molar-refractivity contribution < 1.29 is 9.53 Å². The topological polar surface area (TPSA) is 88.5 Å². The lowest BCUT2D eigenvalue weighted by Gasteiger charge is -2.20. The highest BCUT2D eigenvalue weighted by Gasteiger charge is 2.17. The highest BCUT2D eigenvalue weighted by molar-refractivity contribution is 5.79. The van der Waals surface area contributed by atoms with E-state index in [2.05, 4.69) is 15.4 Å². The second kappa shape index (κ2) is 8.87. The van der Waals surface area contributed by atoms with Crippen molar-refractivity contribution in [2.24, 2.45) is 0 Å². The lowest BCUT2D eigenvalue weighted by Crippen LogP contribution is -2.32. The van der Waals surface area contributed by atoms with Crippen LogP contribution in [0.2, 0.25) is 0 Å². The third-order valence-corrected chi connectivity index (χ3v) is 5.22. The number of para-hydroxylation sites is 1. The molecule has 2 aromatic carbocycles. The summed E-state index contributed by atoms with van der Waals surface area (Å²) in [5, 5.41) is 5.70. The van der Waals surface area contributed by atoms with Gasteiger partial charge in [0, 0.05) is 23.0 Å². The minimum Gasteiger partial charge on any atom is -0.484 e. The van der Waals surface area contributed by atoms with Crippen LogP contribution in [-0.4, -0.2) is 27.0 Å². The van der Waals surface area contributed by atoms with Crippen LogP contribution in [0.1, 0.15) is 28.6 Å². The van der Waals surface area contributed by atoms with Gasteiger partial charge in [-0.1, -0.05) is 48.5 Å². The van der Waals surface area contributed by atoms with Crippen LogP contribution in [0.3, 0.4) is 0 Å². The van der Waals surface area contributed by atoms with Gasteiger partial charge in [-0.3, -0.25) is 14.7 Å². The molecule has 2 N–H and O–H groups in total.